The van der Waals surface area contributed by atoms with Crippen molar-refractivity contribution in [2.75, 3.05) is 33.2 Å². The molecular weight excluding hydrogens is 319 g/mol. The predicted octanol–water partition coefficient (Wildman–Crippen LogP) is 2.96. The quantitative estimate of drug-likeness (QED) is 0.735. The zero-order valence-corrected chi connectivity index (χ0v) is 15.1. The van der Waals surface area contributed by atoms with E-state index in [1.807, 2.05) is 6.07 Å². The van der Waals surface area contributed by atoms with E-state index >= 15 is 0 Å². The molecule has 0 amide bonds. The Bertz CT molecular complexity index is 669. The van der Waals surface area contributed by atoms with Crippen LogP contribution in [0.5, 0.6) is 0 Å². The van der Waals surface area contributed by atoms with Crippen LogP contribution in [-0.4, -0.2) is 53.2 Å². The number of aromatic nitrogens is 2. The molecule has 1 saturated heterocycles. The number of hydrogen-bond donors (Lipinski definition) is 0. The van der Waals surface area contributed by atoms with Gasteiger partial charge in [-0.2, -0.15) is 4.98 Å². The van der Waals surface area contributed by atoms with Crippen molar-refractivity contribution in [3.63, 3.8) is 0 Å². The summed E-state index contributed by atoms with van der Waals surface area (Å²) in [6.07, 6.45) is 3.15. The van der Waals surface area contributed by atoms with Crippen LogP contribution < -0.4 is 0 Å². The van der Waals surface area contributed by atoms with Crippen LogP contribution >= 0.6 is 0 Å². The molecule has 0 aliphatic carbocycles. The molecule has 1 aromatic heterocycles. The predicted molar refractivity (Wildman–Crippen MR) is 94.7 cm³/mol. The molecule has 0 N–H and O–H groups in total. The zero-order valence-electron chi connectivity index (χ0n) is 15.1. The second kappa shape index (κ2) is 8.54. The number of nitrogens with zero attached hydrogens (tertiary/aromatic N) is 4. The van der Waals surface area contributed by atoms with Crippen molar-refractivity contribution in [1.29, 1.82) is 0 Å². The second-order valence-electron chi connectivity index (χ2n) is 7.22. The van der Waals surface area contributed by atoms with Crippen molar-refractivity contribution in [2.24, 2.45) is 5.92 Å². The van der Waals surface area contributed by atoms with Gasteiger partial charge in [0.2, 0.25) is 5.89 Å². The maximum atomic E-state index is 13.2. The van der Waals surface area contributed by atoms with E-state index in [-0.39, 0.29) is 5.82 Å². The fraction of sp³-hybridized carbons (Fsp3) is 0.579. The Kier molecular flexibility index (Phi) is 6.15. The lowest BCUT2D eigenvalue weighted by Gasteiger charge is -2.24. The molecule has 1 aromatic carbocycles. The second-order valence-corrected chi connectivity index (χ2v) is 7.22. The molecule has 5 nitrogen and oxygen atoms in total. The first-order valence-corrected chi connectivity index (χ1v) is 9.05. The van der Waals surface area contributed by atoms with E-state index in [9.17, 15) is 4.39 Å². The summed E-state index contributed by atoms with van der Waals surface area (Å²) in [5, 5.41) is 4.01. The highest BCUT2D eigenvalue weighted by atomic mass is 19.1. The van der Waals surface area contributed by atoms with Gasteiger partial charge in [0, 0.05) is 19.5 Å². The van der Waals surface area contributed by atoms with E-state index in [2.05, 4.69) is 33.9 Å². The normalized spacial score (nSPS) is 16.6. The molecule has 6 heteroatoms. The van der Waals surface area contributed by atoms with E-state index in [1.165, 1.54) is 38.1 Å². The molecule has 0 saturated carbocycles. The molecule has 1 aliphatic heterocycles. The Morgan fingerprint density at radius 1 is 1.32 bits per heavy atom. The van der Waals surface area contributed by atoms with Gasteiger partial charge in [-0.25, -0.2) is 4.39 Å². The SMILES string of the molecule is CC(CN(C)Cc1nc(Cc2cccc(F)c2)no1)CN1CCCC1. The first-order valence-electron chi connectivity index (χ1n) is 9.05. The van der Waals surface area contributed by atoms with Crippen molar-refractivity contribution in [2.45, 2.75) is 32.7 Å². The van der Waals surface area contributed by atoms with Crippen LogP contribution in [0.15, 0.2) is 28.8 Å². The highest BCUT2D eigenvalue weighted by Crippen LogP contribution is 2.13. The topological polar surface area (TPSA) is 45.4 Å². The molecule has 3 rings (SSSR count). The summed E-state index contributed by atoms with van der Waals surface area (Å²) < 4.78 is 18.6. The van der Waals surface area contributed by atoms with Crippen molar-refractivity contribution in [3.05, 3.63) is 47.4 Å². The number of rotatable bonds is 8. The third kappa shape index (κ3) is 5.61. The van der Waals surface area contributed by atoms with Gasteiger partial charge in [-0.3, -0.25) is 4.90 Å². The molecular formula is C19H27FN4O. The van der Waals surface area contributed by atoms with Crippen LogP contribution in [0.4, 0.5) is 4.39 Å². The van der Waals surface area contributed by atoms with E-state index in [4.69, 9.17) is 4.52 Å². The zero-order chi connectivity index (χ0) is 17.6. The molecule has 2 aromatic rings. The fourth-order valence-electron chi connectivity index (χ4n) is 3.55. The first-order chi connectivity index (χ1) is 12.1. The standard InChI is InChI=1S/C19H27FN4O/c1-15(13-24-8-3-4-9-24)12-23(2)14-19-21-18(22-25-19)11-16-6-5-7-17(20)10-16/h5-7,10,15H,3-4,8-9,11-14H2,1-2H3. The van der Waals surface area contributed by atoms with Gasteiger partial charge < -0.3 is 9.42 Å². The molecule has 1 fully saturated rings. The van der Waals surface area contributed by atoms with Crippen molar-refractivity contribution < 1.29 is 8.91 Å². The highest BCUT2D eigenvalue weighted by Gasteiger charge is 2.17. The monoisotopic (exact) mass is 346 g/mol. The summed E-state index contributed by atoms with van der Waals surface area (Å²) >= 11 is 0. The maximum Gasteiger partial charge on any atom is 0.240 e. The van der Waals surface area contributed by atoms with Gasteiger partial charge in [0.15, 0.2) is 5.82 Å². The van der Waals surface area contributed by atoms with Crippen LogP contribution in [0.1, 0.15) is 37.0 Å². The van der Waals surface area contributed by atoms with Crippen molar-refractivity contribution in [3.8, 4) is 0 Å². The minimum Gasteiger partial charge on any atom is -0.338 e. The lowest BCUT2D eigenvalue weighted by Crippen LogP contribution is -2.32. The van der Waals surface area contributed by atoms with Gasteiger partial charge in [-0.05, 0) is 56.6 Å². The fourth-order valence-corrected chi connectivity index (χ4v) is 3.55. The Labute approximate surface area is 148 Å². The minimum atomic E-state index is -0.243. The number of likely N-dealkylation sites (tertiary alicyclic amines) is 1. The summed E-state index contributed by atoms with van der Waals surface area (Å²) in [6, 6.07) is 6.50. The Balaban J connectivity index is 1.47. The smallest absolute Gasteiger partial charge is 0.240 e. The minimum absolute atomic E-state index is 0.243. The molecule has 25 heavy (non-hydrogen) atoms. The number of halogens is 1. The number of benzene rings is 1. The van der Waals surface area contributed by atoms with E-state index in [0.717, 1.165) is 18.7 Å². The van der Waals surface area contributed by atoms with Crippen molar-refractivity contribution >= 4 is 0 Å². The lowest BCUT2D eigenvalue weighted by molar-refractivity contribution is 0.204. The molecule has 0 bridgehead atoms. The van der Waals surface area contributed by atoms with E-state index in [0.29, 0.717) is 30.6 Å². The summed E-state index contributed by atoms with van der Waals surface area (Å²) in [7, 11) is 2.08. The molecule has 136 valence electrons. The van der Waals surface area contributed by atoms with Gasteiger partial charge >= 0.3 is 0 Å². The average molecular weight is 346 g/mol. The molecule has 1 unspecified atom stereocenters. The molecule has 1 atom stereocenters. The first kappa shape index (κ1) is 18.0. The van der Waals surface area contributed by atoms with E-state index in [1.54, 1.807) is 6.07 Å². The Morgan fingerprint density at radius 3 is 2.88 bits per heavy atom. The molecule has 0 spiro atoms. The van der Waals surface area contributed by atoms with Crippen LogP contribution in [0.25, 0.3) is 0 Å². The average Bonchev–Trinajstić information content (AvgIpc) is 3.19. The summed E-state index contributed by atoms with van der Waals surface area (Å²) in [6.45, 7) is 7.55. The van der Waals surface area contributed by atoms with Crippen LogP contribution in [0, 0.1) is 11.7 Å². The Morgan fingerprint density at radius 2 is 2.12 bits per heavy atom. The maximum absolute atomic E-state index is 13.2. The van der Waals surface area contributed by atoms with Gasteiger partial charge in [-0.15, -0.1) is 0 Å². The van der Waals surface area contributed by atoms with Gasteiger partial charge in [-0.1, -0.05) is 24.2 Å². The van der Waals surface area contributed by atoms with E-state index < -0.39 is 0 Å². The van der Waals surface area contributed by atoms with Gasteiger partial charge in [0.05, 0.1) is 6.54 Å². The third-order valence-electron chi connectivity index (χ3n) is 4.56. The molecule has 0 radical (unpaired) electrons. The van der Waals surface area contributed by atoms with Crippen LogP contribution in [-0.2, 0) is 13.0 Å². The van der Waals surface area contributed by atoms with Crippen LogP contribution in [0.2, 0.25) is 0 Å². The summed E-state index contributed by atoms with van der Waals surface area (Å²) in [5.41, 5.74) is 0.847. The highest BCUT2D eigenvalue weighted by molar-refractivity contribution is 5.19. The lowest BCUT2D eigenvalue weighted by atomic mass is 10.1. The van der Waals surface area contributed by atoms with Crippen molar-refractivity contribution in [1.82, 2.24) is 19.9 Å². The summed E-state index contributed by atoms with van der Waals surface area (Å²) in [5.74, 6) is 1.58. The van der Waals surface area contributed by atoms with Crippen LogP contribution in [0.3, 0.4) is 0 Å². The third-order valence-corrected chi connectivity index (χ3v) is 4.56. The molecule has 2 heterocycles. The summed E-state index contributed by atoms with van der Waals surface area (Å²) in [4.78, 5) is 9.20. The largest absolute Gasteiger partial charge is 0.338 e. The van der Waals surface area contributed by atoms with Gasteiger partial charge in [0.1, 0.15) is 5.82 Å². The molecule has 1 aliphatic rings. The number of hydrogen-bond acceptors (Lipinski definition) is 5. The Hall–Kier alpha value is -1.79. The van der Waals surface area contributed by atoms with Gasteiger partial charge in [0.25, 0.3) is 0 Å².